The summed E-state index contributed by atoms with van der Waals surface area (Å²) in [7, 11) is 3.29. The second-order valence-electron chi connectivity index (χ2n) is 4.48. The highest BCUT2D eigenvalue weighted by atomic mass is 32.1. The minimum absolute atomic E-state index is 0.683. The van der Waals surface area contributed by atoms with E-state index in [9.17, 15) is 0 Å². The molecule has 0 fully saturated rings. The summed E-state index contributed by atoms with van der Waals surface area (Å²) in [5, 5.41) is 0. The fourth-order valence-corrected chi connectivity index (χ4v) is 2.12. The van der Waals surface area contributed by atoms with Gasteiger partial charge in [-0.3, -0.25) is 0 Å². The molecule has 1 aromatic rings. The maximum atomic E-state index is 5.82. The second kappa shape index (κ2) is 8.97. The van der Waals surface area contributed by atoms with E-state index in [4.69, 9.17) is 14.2 Å². The SMILES string of the molecule is COc1cc(C)cc(OC)c1OCCCCCCS. The van der Waals surface area contributed by atoms with Crippen LogP contribution in [0.25, 0.3) is 0 Å². The highest BCUT2D eigenvalue weighted by Crippen LogP contribution is 2.38. The summed E-state index contributed by atoms with van der Waals surface area (Å²) in [4.78, 5) is 0. The Morgan fingerprint density at radius 2 is 1.53 bits per heavy atom. The first-order valence-electron chi connectivity index (χ1n) is 6.69. The number of ether oxygens (including phenoxy) is 3. The summed E-state index contributed by atoms with van der Waals surface area (Å²) in [6.07, 6.45) is 4.57. The number of benzene rings is 1. The molecule has 0 aliphatic carbocycles. The summed E-state index contributed by atoms with van der Waals surface area (Å²) < 4.78 is 16.5. The summed E-state index contributed by atoms with van der Waals surface area (Å²) in [6.45, 7) is 2.69. The zero-order chi connectivity index (χ0) is 14.1. The molecular formula is C15H24O3S. The van der Waals surface area contributed by atoms with Crippen LogP contribution in [0.5, 0.6) is 17.2 Å². The monoisotopic (exact) mass is 284 g/mol. The molecule has 0 bridgehead atoms. The number of thiol groups is 1. The van der Waals surface area contributed by atoms with E-state index in [0.29, 0.717) is 12.4 Å². The van der Waals surface area contributed by atoms with Gasteiger partial charge >= 0.3 is 0 Å². The van der Waals surface area contributed by atoms with E-state index in [0.717, 1.165) is 35.7 Å². The lowest BCUT2D eigenvalue weighted by molar-refractivity contribution is 0.267. The van der Waals surface area contributed by atoms with Crippen molar-refractivity contribution in [2.75, 3.05) is 26.6 Å². The molecule has 0 spiro atoms. The van der Waals surface area contributed by atoms with Crippen LogP contribution < -0.4 is 14.2 Å². The van der Waals surface area contributed by atoms with Crippen LogP contribution in [-0.4, -0.2) is 26.6 Å². The normalized spacial score (nSPS) is 10.3. The Bertz CT molecular complexity index is 355. The van der Waals surface area contributed by atoms with Gasteiger partial charge in [0.05, 0.1) is 20.8 Å². The van der Waals surface area contributed by atoms with Crippen LogP contribution in [0, 0.1) is 6.92 Å². The van der Waals surface area contributed by atoms with Crippen molar-refractivity contribution in [1.29, 1.82) is 0 Å². The molecule has 1 rings (SSSR count). The van der Waals surface area contributed by atoms with Crippen LogP contribution in [0.2, 0.25) is 0 Å². The molecule has 0 aliphatic heterocycles. The van der Waals surface area contributed by atoms with E-state index in [1.807, 2.05) is 19.1 Å². The van der Waals surface area contributed by atoms with Gasteiger partial charge in [0, 0.05) is 0 Å². The number of unbranched alkanes of at least 4 members (excludes halogenated alkanes) is 3. The molecular weight excluding hydrogens is 260 g/mol. The smallest absolute Gasteiger partial charge is 0.203 e. The van der Waals surface area contributed by atoms with Crippen molar-refractivity contribution in [1.82, 2.24) is 0 Å². The zero-order valence-corrected chi connectivity index (χ0v) is 13.0. The Balaban J connectivity index is 2.56. The van der Waals surface area contributed by atoms with Gasteiger partial charge in [0.15, 0.2) is 11.5 Å². The maximum Gasteiger partial charge on any atom is 0.203 e. The predicted molar refractivity (Wildman–Crippen MR) is 82.1 cm³/mol. The van der Waals surface area contributed by atoms with E-state index in [-0.39, 0.29) is 0 Å². The average molecular weight is 284 g/mol. The maximum absolute atomic E-state index is 5.82. The van der Waals surface area contributed by atoms with Crippen molar-refractivity contribution < 1.29 is 14.2 Å². The van der Waals surface area contributed by atoms with Crippen LogP contribution in [0.4, 0.5) is 0 Å². The molecule has 108 valence electrons. The first-order chi connectivity index (χ1) is 9.22. The van der Waals surface area contributed by atoms with Crippen LogP contribution in [-0.2, 0) is 0 Å². The number of hydrogen-bond donors (Lipinski definition) is 1. The topological polar surface area (TPSA) is 27.7 Å². The average Bonchev–Trinajstić information content (AvgIpc) is 2.43. The summed E-state index contributed by atoms with van der Waals surface area (Å²) in [5.74, 6) is 3.12. The van der Waals surface area contributed by atoms with E-state index >= 15 is 0 Å². The zero-order valence-electron chi connectivity index (χ0n) is 12.1. The summed E-state index contributed by atoms with van der Waals surface area (Å²) >= 11 is 4.20. The highest BCUT2D eigenvalue weighted by molar-refractivity contribution is 7.80. The third-order valence-corrected chi connectivity index (χ3v) is 3.22. The third kappa shape index (κ3) is 5.23. The molecule has 0 saturated carbocycles. The lowest BCUT2D eigenvalue weighted by Crippen LogP contribution is -2.02. The van der Waals surface area contributed by atoms with Crippen molar-refractivity contribution in [2.24, 2.45) is 0 Å². The van der Waals surface area contributed by atoms with Gasteiger partial charge in [-0.2, -0.15) is 12.6 Å². The minimum Gasteiger partial charge on any atom is -0.493 e. The summed E-state index contributed by atoms with van der Waals surface area (Å²) in [6, 6.07) is 3.91. The molecule has 0 radical (unpaired) electrons. The second-order valence-corrected chi connectivity index (χ2v) is 4.93. The molecule has 0 atom stereocenters. The fraction of sp³-hybridized carbons (Fsp3) is 0.600. The van der Waals surface area contributed by atoms with Crippen molar-refractivity contribution in [3.8, 4) is 17.2 Å². The van der Waals surface area contributed by atoms with E-state index in [1.165, 1.54) is 12.8 Å². The molecule has 0 aromatic heterocycles. The van der Waals surface area contributed by atoms with Crippen molar-refractivity contribution in [3.63, 3.8) is 0 Å². The fourth-order valence-electron chi connectivity index (χ4n) is 1.89. The molecule has 4 heteroatoms. The lowest BCUT2D eigenvalue weighted by Gasteiger charge is -2.15. The van der Waals surface area contributed by atoms with Gasteiger partial charge in [-0.1, -0.05) is 12.8 Å². The van der Waals surface area contributed by atoms with Crippen molar-refractivity contribution in [2.45, 2.75) is 32.6 Å². The standard InChI is InChI=1S/C15H24O3S/c1-12-10-13(16-2)15(14(11-12)17-3)18-8-6-4-5-7-9-19/h10-11,19H,4-9H2,1-3H3. The van der Waals surface area contributed by atoms with Crippen molar-refractivity contribution >= 4 is 12.6 Å². The van der Waals surface area contributed by atoms with Crippen LogP contribution >= 0.6 is 12.6 Å². The van der Waals surface area contributed by atoms with Crippen LogP contribution in [0.1, 0.15) is 31.2 Å². The van der Waals surface area contributed by atoms with Gasteiger partial charge in [-0.05, 0) is 43.2 Å². The minimum atomic E-state index is 0.683. The summed E-state index contributed by atoms with van der Waals surface area (Å²) in [5.41, 5.74) is 1.09. The van der Waals surface area contributed by atoms with E-state index < -0.39 is 0 Å². The number of methoxy groups -OCH3 is 2. The van der Waals surface area contributed by atoms with Gasteiger partial charge in [0.1, 0.15) is 0 Å². The van der Waals surface area contributed by atoms with Gasteiger partial charge < -0.3 is 14.2 Å². The van der Waals surface area contributed by atoms with Gasteiger partial charge in [0.25, 0.3) is 0 Å². The first kappa shape index (κ1) is 16.0. The Morgan fingerprint density at radius 3 is 2.05 bits per heavy atom. The van der Waals surface area contributed by atoms with Gasteiger partial charge in [-0.25, -0.2) is 0 Å². The molecule has 1 aromatic carbocycles. The van der Waals surface area contributed by atoms with E-state index in [1.54, 1.807) is 14.2 Å². The quantitative estimate of drug-likeness (QED) is 0.551. The molecule has 0 heterocycles. The lowest BCUT2D eigenvalue weighted by atomic mass is 10.2. The number of aryl methyl sites for hydroxylation is 1. The largest absolute Gasteiger partial charge is 0.493 e. The Morgan fingerprint density at radius 1 is 0.947 bits per heavy atom. The first-order valence-corrected chi connectivity index (χ1v) is 7.32. The van der Waals surface area contributed by atoms with Crippen LogP contribution in [0.15, 0.2) is 12.1 Å². The molecule has 3 nitrogen and oxygen atoms in total. The molecule has 0 unspecified atom stereocenters. The Kier molecular flexibility index (Phi) is 7.56. The molecule has 0 aliphatic rings. The molecule has 19 heavy (non-hydrogen) atoms. The van der Waals surface area contributed by atoms with Gasteiger partial charge in [-0.15, -0.1) is 0 Å². The van der Waals surface area contributed by atoms with Gasteiger partial charge in [0.2, 0.25) is 5.75 Å². The Hall–Kier alpha value is -1.03. The number of rotatable bonds is 9. The third-order valence-electron chi connectivity index (χ3n) is 2.90. The molecule has 0 N–H and O–H groups in total. The molecule has 0 saturated heterocycles. The predicted octanol–water partition coefficient (Wildman–Crippen LogP) is 3.88. The van der Waals surface area contributed by atoms with E-state index in [2.05, 4.69) is 12.6 Å². The van der Waals surface area contributed by atoms with Crippen molar-refractivity contribution in [3.05, 3.63) is 17.7 Å². The Labute approximate surface area is 121 Å². The number of hydrogen-bond acceptors (Lipinski definition) is 4. The molecule has 0 amide bonds. The van der Waals surface area contributed by atoms with Crippen LogP contribution in [0.3, 0.4) is 0 Å². The highest BCUT2D eigenvalue weighted by Gasteiger charge is 2.12.